The van der Waals surface area contributed by atoms with E-state index in [0.29, 0.717) is 5.56 Å². The van der Waals surface area contributed by atoms with Gasteiger partial charge in [-0.3, -0.25) is 19.2 Å². The molecule has 11 heteroatoms. The highest BCUT2D eigenvalue weighted by molar-refractivity contribution is 9.12. The second-order valence-corrected chi connectivity index (χ2v) is 13.1. The van der Waals surface area contributed by atoms with E-state index in [1.54, 1.807) is 42.5 Å². The number of carbonyl (C=O) groups is 5. The maximum atomic E-state index is 13.8. The lowest BCUT2D eigenvalue weighted by atomic mass is 9.81. The van der Waals surface area contributed by atoms with Crippen molar-refractivity contribution in [3.05, 3.63) is 101 Å². The van der Waals surface area contributed by atoms with Crippen molar-refractivity contribution in [3.63, 3.8) is 0 Å². The Morgan fingerprint density at radius 1 is 0.810 bits per heavy atom. The van der Waals surface area contributed by atoms with Crippen LogP contribution in [0.15, 0.2) is 78.9 Å². The average molecular weight is 715 g/mol. The van der Waals surface area contributed by atoms with E-state index in [0.717, 1.165) is 16.4 Å². The maximum absolute atomic E-state index is 13.8. The van der Waals surface area contributed by atoms with Gasteiger partial charge in [0.25, 0.3) is 17.7 Å². The summed E-state index contributed by atoms with van der Waals surface area (Å²) in [7, 11) is 0. The molecule has 6 rings (SSSR count). The SMILES string of the molecule is O=C(CN(C(=O)c1ccccc1Cl)N1C(=O)[C@@H]2[C@H]3C[C@@H]([C@H](Br)[C@H]3Br)[C@@H]2C1=O)c1ccc(OC(=O)c2ccccc2)cc1. The average Bonchev–Trinajstić information content (AvgIpc) is 3.61. The Morgan fingerprint density at radius 2 is 1.38 bits per heavy atom. The summed E-state index contributed by atoms with van der Waals surface area (Å²) in [5, 5.41) is 1.91. The molecule has 0 spiro atoms. The second kappa shape index (κ2) is 11.4. The van der Waals surface area contributed by atoms with Gasteiger partial charge in [-0.25, -0.2) is 9.80 Å². The molecule has 2 bridgehead atoms. The van der Waals surface area contributed by atoms with Crippen LogP contribution in [0.25, 0.3) is 0 Å². The first-order valence-electron chi connectivity index (χ1n) is 13.3. The Labute approximate surface area is 263 Å². The molecule has 2 saturated carbocycles. The number of ketones is 1. The van der Waals surface area contributed by atoms with Crippen LogP contribution in [0.2, 0.25) is 5.02 Å². The molecule has 3 aromatic carbocycles. The zero-order chi connectivity index (χ0) is 29.7. The number of hydrogen-bond acceptors (Lipinski definition) is 6. The number of carbonyl (C=O) groups excluding carboxylic acids is 5. The first-order valence-corrected chi connectivity index (χ1v) is 15.5. The molecule has 0 unspecified atom stereocenters. The summed E-state index contributed by atoms with van der Waals surface area (Å²) in [6, 6.07) is 20.6. The minimum Gasteiger partial charge on any atom is -0.423 e. The van der Waals surface area contributed by atoms with Crippen LogP contribution in [0, 0.1) is 23.7 Å². The number of ether oxygens (including phenoxy) is 1. The van der Waals surface area contributed by atoms with Crippen LogP contribution in [0.4, 0.5) is 0 Å². The fourth-order valence-corrected chi connectivity index (χ4v) is 8.34. The molecule has 3 amide bonds. The van der Waals surface area contributed by atoms with Crippen molar-refractivity contribution in [2.45, 2.75) is 16.1 Å². The van der Waals surface area contributed by atoms with Gasteiger partial charge in [0.1, 0.15) is 12.3 Å². The van der Waals surface area contributed by atoms with E-state index in [9.17, 15) is 24.0 Å². The Morgan fingerprint density at radius 3 is 1.98 bits per heavy atom. The predicted molar refractivity (Wildman–Crippen MR) is 161 cm³/mol. The van der Waals surface area contributed by atoms with Crippen LogP contribution in [-0.2, 0) is 9.59 Å². The van der Waals surface area contributed by atoms with Crippen molar-refractivity contribution < 1.29 is 28.7 Å². The molecule has 1 saturated heterocycles. The van der Waals surface area contributed by atoms with Crippen molar-refractivity contribution in [1.82, 2.24) is 10.0 Å². The quantitative estimate of drug-likeness (QED) is 0.104. The van der Waals surface area contributed by atoms with Crippen LogP contribution in [-0.4, -0.2) is 55.7 Å². The van der Waals surface area contributed by atoms with Gasteiger partial charge < -0.3 is 4.74 Å². The van der Waals surface area contributed by atoms with E-state index in [1.165, 1.54) is 36.4 Å². The lowest BCUT2D eigenvalue weighted by Gasteiger charge is -2.31. The van der Waals surface area contributed by atoms with Crippen LogP contribution in [0.5, 0.6) is 5.75 Å². The molecule has 6 atom stereocenters. The first kappa shape index (κ1) is 28.8. The van der Waals surface area contributed by atoms with Crippen LogP contribution < -0.4 is 4.74 Å². The van der Waals surface area contributed by atoms with E-state index in [4.69, 9.17) is 16.3 Å². The number of hydrogen-bond donors (Lipinski definition) is 0. The number of imide groups is 1. The largest absolute Gasteiger partial charge is 0.423 e. The molecule has 42 heavy (non-hydrogen) atoms. The molecule has 8 nitrogen and oxygen atoms in total. The molecule has 0 radical (unpaired) electrons. The molecule has 2 aliphatic carbocycles. The minimum atomic E-state index is -0.734. The first-order chi connectivity index (χ1) is 20.2. The third kappa shape index (κ3) is 4.89. The number of fused-ring (bicyclic) bond motifs is 5. The molecule has 3 aliphatic rings. The van der Waals surface area contributed by atoms with E-state index < -0.39 is 47.9 Å². The fraction of sp³-hybridized carbons (Fsp3) is 0.258. The van der Waals surface area contributed by atoms with E-state index >= 15 is 0 Å². The van der Waals surface area contributed by atoms with Crippen molar-refractivity contribution in [3.8, 4) is 5.75 Å². The molecule has 0 N–H and O–H groups in total. The maximum Gasteiger partial charge on any atom is 0.343 e. The molecule has 3 aromatic rings. The summed E-state index contributed by atoms with van der Waals surface area (Å²) in [5.41, 5.74) is 0.640. The second-order valence-electron chi connectivity index (χ2n) is 10.5. The number of amides is 3. The standard InChI is InChI=1S/C31H23Br2ClN2O6/c32-26-20-14-21(27(26)33)25-24(20)29(39)36(30(25)40)35(28(38)19-8-4-5-9-22(19)34)15-23(37)16-10-12-18(13-11-16)42-31(41)17-6-2-1-3-7-17/h1-13,20-21,24-27H,14-15H2/t20-,21-,24-,25+,26+,27+/m1/s1. The van der Waals surface area contributed by atoms with E-state index in [2.05, 4.69) is 31.9 Å². The van der Waals surface area contributed by atoms with Gasteiger partial charge in [0, 0.05) is 15.2 Å². The Kier molecular flexibility index (Phi) is 7.80. The summed E-state index contributed by atoms with van der Waals surface area (Å²) in [4.78, 5) is 67.3. The van der Waals surface area contributed by atoms with Gasteiger partial charge in [-0.1, -0.05) is 73.8 Å². The van der Waals surface area contributed by atoms with Crippen molar-refractivity contribution in [1.29, 1.82) is 0 Å². The molecule has 1 heterocycles. The molecular formula is C31H23Br2ClN2O6. The number of hydrazine groups is 1. The van der Waals surface area contributed by atoms with Gasteiger partial charge in [-0.05, 0) is 66.8 Å². The molecule has 0 aromatic heterocycles. The third-order valence-electron chi connectivity index (χ3n) is 8.23. The summed E-state index contributed by atoms with van der Waals surface area (Å²) in [6.07, 6.45) is 0.727. The third-order valence-corrected chi connectivity index (χ3v) is 11.8. The zero-order valence-electron chi connectivity index (χ0n) is 21.9. The molecule has 214 valence electrons. The van der Waals surface area contributed by atoms with E-state index in [-0.39, 0.29) is 43.4 Å². The Bertz CT molecular complexity index is 1570. The van der Waals surface area contributed by atoms with E-state index in [1.807, 2.05) is 0 Å². The monoisotopic (exact) mass is 712 g/mol. The van der Waals surface area contributed by atoms with Gasteiger partial charge in [0.15, 0.2) is 5.78 Å². The highest BCUT2D eigenvalue weighted by Crippen LogP contribution is 2.60. The number of halogens is 3. The van der Waals surface area contributed by atoms with Crippen LogP contribution >= 0.6 is 43.5 Å². The summed E-state index contributed by atoms with van der Waals surface area (Å²) < 4.78 is 5.39. The van der Waals surface area contributed by atoms with Gasteiger partial charge in [-0.2, -0.15) is 5.01 Å². The summed E-state index contributed by atoms with van der Waals surface area (Å²) in [6.45, 7) is -0.574. The smallest absolute Gasteiger partial charge is 0.343 e. The lowest BCUT2D eigenvalue weighted by Crippen LogP contribution is -2.52. The Hall–Kier alpha value is -3.34. The van der Waals surface area contributed by atoms with Gasteiger partial charge >= 0.3 is 5.97 Å². The number of Topliss-reactive ketones (excluding diaryl/α,β-unsaturated/α-hetero) is 1. The number of rotatable bonds is 7. The lowest BCUT2D eigenvalue weighted by molar-refractivity contribution is -0.154. The highest BCUT2D eigenvalue weighted by atomic mass is 79.9. The van der Waals surface area contributed by atoms with Crippen molar-refractivity contribution in [2.24, 2.45) is 23.7 Å². The number of alkyl halides is 2. The van der Waals surface area contributed by atoms with Gasteiger partial charge in [0.05, 0.1) is 28.0 Å². The molecule has 1 aliphatic heterocycles. The summed E-state index contributed by atoms with van der Waals surface area (Å²) >= 11 is 13.7. The van der Waals surface area contributed by atoms with Crippen LogP contribution in [0.3, 0.4) is 0 Å². The van der Waals surface area contributed by atoms with Crippen molar-refractivity contribution >= 4 is 72.9 Å². The zero-order valence-corrected chi connectivity index (χ0v) is 25.8. The fourth-order valence-electron chi connectivity index (χ4n) is 6.25. The topological polar surface area (TPSA) is 101 Å². The number of esters is 1. The Balaban J connectivity index is 1.26. The van der Waals surface area contributed by atoms with Crippen LogP contribution in [0.1, 0.15) is 37.5 Å². The summed E-state index contributed by atoms with van der Waals surface area (Å²) in [5.74, 6) is -3.83. The molecular weight excluding hydrogens is 692 g/mol. The highest BCUT2D eigenvalue weighted by Gasteiger charge is 2.67. The van der Waals surface area contributed by atoms with Gasteiger partial charge in [-0.15, -0.1) is 0 Å². The van der Waals surface area contributed by atoms with Crippen molar-refractivity contribution in [2.75, 3.05) is 6.54 Å². The number of benzene rings is 3. The minimum absolute atomic E-state index is 0.0179. The predicted octanol–water partition coefficient (Wildman–Crippen LogP) is 5.58. The normalized spacial score (nSPS) is 25.8. The van der Waals surface area contributed by atoms with Gasteiger partial charge in [0.2, 0.25) is 0 Å². The number of nitrogens with zero attached hydrogens (tertiary/aromatic N) is 2. The molecule has 3 fully saturated rings.